The Balaban J connectivity index is 1.46. The molecule has 0 aliphatic rings. The van der Waals surface area contributed by atoms with Crippen LogP contribution in [0.4, 0.5) is 5.69 Å². The summed E-state index contributed by atoms with van der Waals surface area (Å²) in [6.07, 6.45) is 0. The van der Waals surface area contributed by atoms with E-state index in [9.17, 15) is 4.79 Å². The van der Waals surface area contributed by atoms with Gasteiger partial charge in [0.25, 0.3) is 5.91 Å². The van der Waals surface area contributed by atoms with E-state index in [1.165, 1.54) is 5.56 Å². The molecule has 4 aromatic rings. The highest BCUT2D eigenvalue weighted by Gasteiger charge is 2.13. The van der Waals surface area contributed by atoms with Crippen molar-refractivity contribution in [3.8, 4) is 23.0 Å². The van der Waals surface area contributed by atoms with Crippen molar-refractivity contribution in [2.75, 3.05) is 19.0 Å². The molecule has 0 atom stereocenters. The number of nitrogens with zero attached hydrogens (tertiary/aromatic N) is 1. The Morgan fingerprint density at radius 3 is 2.50 bits per heavy atom. The van der Waals surface area contributed by atoms with E-state index in [4.69, 9.17) is 13.9 Å². The van der Waals surface area contributed by atoms with Crippen molar-refractivity contribution in [2.45, 2.75) is 26.7 Å². The van der Waals surface area contributed by atoms with Crippen LogP contribution in [0.25, 0.3) is 22.6 Å². The van der Waals surface area contributed by atoms with Gasteiger partial charge in [0.05, 0.1) is 7.11 Å². The Labute approximate surface area is 187 Å². The van der Waals surface area contributed by atoms with Gasteiger partial charge in [0.1, 0.15) is 17.0 Å². The summed E-state index contributed by atoms with van der Waals surface area (Å²) >= 11 is 0. The minimum atomic E-state index is -0.236. The average molecular weight is 431 g/mol. The molecular weight excluding hydrogens is 404 g/mol. The van der Waals surface area contributed by atoms with Crippen LogP contribution >= 0.6 is 0 Å². The summed E-state index contributed by atoms with van der Waals surface area (Å²) in [7, 11) is 1.61. The molecule has 0 saturated heterocycles. The zero-order valence-corrected chi connectivity index (χ0v) is 18.6. The number of benzene rings is 3. The van der Waals surface area contributed by atoms with Gasteiger partial charge < -0.3 is 19.2 Å². The van der Waals surface area contributed by atoms with E-state index >= 15 is 0 Å². The maximum atomic E-state index is 12.5. The number of carbonyl (C=O) groups is 1. The van der Waals surface area contributed by atoms with E-state index in [1.54, 1.807) is 7.11 Å². The van der Waals surface area contributed by atoms with E-state index in [1.807, 2.05) is 67.6 Å². The molecule has 1 heterocycles. The van der Waals surface area contributed by atoms with Gasteiger partial charge in [-0.05, 0) is 60.4 Å². The summed E-state index contributed by atoms with van der Waals surface area (Å²) in [5.74, 6) is 2.07. The van der Waals surface area contributed by atoms with Crippen LogP contribution in [0.2, 0.25) is 0 Å². The molecule has 0 radical (unpaired) electrons. The number of ether oxygens (including phenoxy) is 2. The number of oxazole rings is 1. The molecule has 3 aromatic carbocycles. The Morgan fingerprint density at radius 2 is 1.78 bits per heavy atom. The van der Waals surface area contributed by atoms with Crippen LogP contribution < -0.4 is 14.8 Å². The molecule has 0 aliphatic carbocycles. The van der Waals surface area contributed by atoms with Gasteiger partial charge in [-0.25, -0.2) is 4.98 Å². The first-order valence-corrected chi connectivity index (χ1v) is 10.5. The van der Waals surface area contributed by atoms with Crippen LogP contribution in [0, 0.1) is 6.92 Å². The van der Waals surface area contributed by atoms with Crippen molar-refractivity contribution in [3.05, 3.63) is 71.8 Å². The van der Waals surface area contributed by atoms with Gasteiger partial charge >= 0.3 is 0 Å². The predicted octanol–water partition coefficient (Wildman–Crippen LogP) is 5.95. The van der Waals surface area contributed by atoms with Crippen molar-refractivity contribution in [3.63, 3.8) is 0 Å². The third kappa shape index (κ3) is 4.75. The number of methoxy groups -OCH3 is 1. The van der Waals surface area contributed by atoms with E-state index in [2.05, 4.69) is 24.1 Å². The fraction of sp³-hybridized carbons (Fsp3) is 0.231. The van der Waals surface area contributed by atoms with Gasteiger partial charge in [-0.2, -0.15) is 0 Å². The van der Waals surface area contributed by atoms with Gasteiger partial charge in [-0.3, -0.25) is 4.79 Å². The number of hydrogen-bond donors (Lipinski definition) is 1. The second-order valence-corrected chi connectivity index (χ2v) is 7.94. The molecule has 0 bridgehead atoms. The summed E-state index contributed by atoms with van der Waals surface area (Å²) in [6.45, 7) is 6.13. The number of rotatable bonds is 7. The maximum absolute atomic E-state index is 12.5. The zero-order chi connectivity index (χ0) is 22.7. The number of anilines is 1. The highest BCUT2D eigenvalue weighted by Crippen LogP contribution is 2.29. The van der Waals surface area contributed by atoms with Crippen LogP contribution in [-0.4, -0.2) is 24.6 Å². The summed E-state index contributed by atoms with van der Waals surface area (Å²) in [5, 5.41) is 2.92. The molecule has 0 fully saturated rings. The molecule has 0 unspecified atom stereocenters. The smallest absolute Gasteiger partial charge is 0.262 e. The van der Waals surface area contributed by atoms with Crippen molar-refractivity contribution in [2.24, 2.45) is 0 Å². The number of nitrogens with one attached hydrogen (secondary N) is 1. The molecule has 1 aromatic heterocycles. The second kappa shape index (κ2) is 9.14. The second-order valence-electron chi connectivity index (χ2n) is 7.94. The van der Waals surface area contributed by atoms with Gasteiger partial charge in [-0.15, -0.1) is 0 Å². The molecule has 0 saturated carbocycles. The molecule has 4 rings (SSSR count). The van der Waals surface area contributed by atoms with E-state index in [0.29, 0.717) is 40.1 Å². The molecule has 1 amide bonds. The molecule has 0 spiro atoms. The number of amides is 1. The number of aromatic nitrogens is 1. The van der Waals surface area contributed by atoms with Crippen molar-refractivity contribution < 1.29 is 18.7 Å². The highest BCUT2D eigenvalue weighted by atomic mass is 16.5. The van der Waals surface area contributed by atoms with E-state index in [0.717, 1.165) is 11.1 Å². The molecule has 6 nitrogen and oxygen atoms in total. The summed E-state index contributed by atoms with van der Waals surface area (Å²) in [4.78, 5) is 17.0. The van der Waals surface area contributed by atoms with Gasteiger partial charge in [-0.1, -0.05) is 32.0 Å². The van der Waals surface area contributed by atoms with E-state index in [-0.39, 0.29) is 12.5 Å². The van der Waals surface area contributed by atoms with Crippen LogP contribution in [0.3, 0.4) is 0 Å². The Kier molecular flexibility index (Phi) is 6.12. The van der Waals surface area contributed by atoms with Crippen LogP contribution in [0.1, 0.15) is 30.9 Å². The molecule has 6 heteroatoms. The summed E-state index contributed by atoms with van der Waals surface area (Å²) in [6, 6.07) is 19.0. The fourth-order valence-corrected chi connectivity index (χ4v) is 3.33. The largest absolute Gasteiger partial charge is 0.497 e. The molecule has 32 heavy (non-hydrogen) atoms. The van der Waals surface area contributed by atoms with Crippen LogP contribution in [0.15, 0.2) is 65.1 Å². The van der Waals surface area contributed by atoms with Crippen molar-refractivity contribution in [1.82, 2.24) is 4.98 Å². The first-order chi connectivity index (χ1) is 15.4. The number of fused-ring (bicyclic) bond motifs is 1. The number of hydrogen-bond acceptors (Lipinski definition) is 5. The highest BCUT2D eigenvalue weighted by molar-refractivity contribution is 5.93. The first-order valence-electron chi connectivity index (χ1n) is 10.5. The fourth-order valence-electron chi connectivity index (χ4n) is 3.33. The lowest BCUT2D eigenvalue weighted by atomic mass is 10.0. The lowest BCUT2D eigenvalue weighted by molar-refractivity contribution is -0.118. The summed E-state index contributed by atoms with van der Waals surface area (Å²) < 4.78 is 16.8. The topological polar surface area (TPSA) is 73.6 Å². The standard InChI is InChI=1S/C26H26N2O4/c1-16(2)18-7-9-20(10-8-18)31-15-25(29)27-22-13-19(6-5-17(22)3)26-28-23-14-21(30-4)11-12-24(23)32-26/h5-14,16H,15H2,1-4H3,(H,27,29). The Bertz CT molecular complexity index is 1240. The summed E-state index contributed by atoms with van der Waals surface area (Å²) in [5.41, 5.74) is 5.00. The predicted molar refractivity (Wildman–Crippen MR) is 125 cm³/mol. The van der Waals surface area contributed by atoms with Gasteiger partial charge in [0.2, 0.25) is 5.89 Å². The van der Waals surface area contributed by atoms with Crippen LogP contribution in [0.5, 0.6) is 11.5 Å². The first kappa shape index (κ1) is 21.4. The SMILES string of the molecule is COc1ccc2oc(-c3ccc(C)c(NC(=O)COc4ccc(C(C)C)cc4)c3)nc2c1. The minimum Gasteiger partial charge on any atom is -0.497 e. The number of carbonyl (C=O) groups excluding carboxylic acids is 1. The monoisotopic (exact) mass is 430 g/mol. The maximum Gasteiger partial charge on any atom is 0.262 e. The Morgan fingerprint density at radius 1 is 1.03 bits per heavy atom. The molecule has 0 aliphatic heterocycles. The minimum absolute atomic E-state index is 0.0760. The quantitative estimate of drug-likeness (QED) is 0.392. The third-order valence-electron chi connectivity index (χ3n) is 5.27. The van der Waals surface area contributed by atoms with Gasteiger partial charge in [0.15, 0.2) is 12.2 Å². The zero-order valence-electron chi connectivity index (χ0n) is 18.6. The lowest BCUT2D eigenvalue weighted by Crippen LogP contribution is -2.20. The Hall–Kier alpha value is -3.80. The van der Waals surface area contributed by atoms with Crippen molar-refractivity contribution in [1.29, 1.82) is 0 Å². The van der Waals surface area contributed by atoms with Gasteiger partial charge in [0, 0.05) is 17.3 Å². The molecule has 164 valence electrons. The lowest BCUT2D eigenvalue weighted by Gasteiger charge is -2.11. The average Bonchev–Trinajstić information content (AvgIpc) is 3.22. The van der Waals surface area contributed by atoms with E-state index < -0.39 is 0 Å². The molecular formula is C26H26N2O4. The normalized spacial score (nSPS) is 11.0. The number of aryl methyl sites for hydroxylation is 1. The molecule has 1 N–H and O–H groups in total. The van der Waals surface area contributed by atoms with Crippen LogP contribution in [-0.2, 0) is 4.79 Å². The van der Waals surface area contributed by atoms with Crippen molar-refractivity contribution >= 4 is 22.7 Å². The third-order valence-corrected chi connectivity index (χ3v) is 5.27.